The number of alkyl carbamates (subject to hydrolysis) is 1. The van der Waals surface area contributed by atoms with Gasteiger partial charge in [-0.2, -0.15) is 8.42 Å². The molecule has 1 unspecified atom stereocenters. The minimum atomic E-state index is -4.48. The summed E-state index contributed by atoms with van der Waals surface area (Å²) in [7, 11) is -2.92. The van der Waals surface area contributed by atoms with Crippen molar-refractivity contribution in [3.8, 4) is 22.9 Å². The Morgan fingerprint density at radius 2 is 1.74 bits per heavy atom. The van der Waals surface area contributed by atoms with E-state index in [2.05, 4.69) is 16.0 Å². The lowest BCUT2D eigenvalue weighted by atomic mass is 9.85. The molecule has 1 saturated heterocycles. The van der Waals surface area contributed by atoms with Gasteiger partial charge >= 0.3 is 16.4 Å². The summed E-state index contributed by atoms with van der Waals surface area (Å²) < 4.78 is 50.8. The number of fused-ring (bicyclic) bond motifs is 1. The molecule has 4 N–H and O–H groups in total. The molecule has 5 atom stereocenters. The highest BCUT2D eigenvalue weighted by Crippen LogP contribution is 2.47. The maximum Gasteiger partial charge on any atom is 0.408 e. The highest BCUT2D eigenvalue weighted by atomic mass is 32.2. The Kier molecular flexibility index (Phi) is 12.6. The Bertz CT molecular complexity index is 2280. The number of carbonyl (C=O) groups excluding carboxylic acids is 4. The number of aromatic nitrogens is 2. The molecule has 1 aliphatic heterocycles. The SMILES string of the molecule is CC[C@@H]1C[C@]1(NC(=O)C1C[C@@H](Oc2cc(-c3csc(NC(C)C)n3)nc3cc(OC)ccc23)CN1C(=O)[C@@H](NC(=O)OC(C)(C)C)C(C)(C)C)C(=O)NS(=O)(=O)OC1(C)CC1. The summed E-state index contributed by atoms with van der Waals surface area (Å²) in [4.78, 5) is 67.3. The molecule has 1 aromatic carbocycles. The molecule has 17 nitrogen and oxygen atoms in total. The predicted octanol–water partition coefficient (Wildman–Crippen LogP) is 5.69. The third-order valence-electron chi connectivity index (χ3n) is 10.9. The second-order valence-electron chi connectivity index (χ2n) is 18.8. The molecule has 19 heteroatoms. The number of nitrogens with one attached hydrogen (secondary N) is 4. The van der Waals surface area contributed by atoms with Gasteiger partial charge in [0.05, 0.1) is 30.5 Å². The van der Waals surface area contributed by atoms with Crippen molar-refractivity contribution in [2.45, 2.75) is 142 Å². The fourth-order valence-corrected chi connectivity index (χ4v) is 9.39. The van der Waals surface area contributed by atoms with Crippen molar-refractivity contribution in [1.82, 2.24) is 30.2 Å². The second-order valence-corrected chi connectivity index (χ2v) is 21.0. The van der Waals surface area contributed by atoms with Gasteiger partial charge in [0, 0.05) is 35.4 Å². The number of methoxy groups -OCH3 is 1. The van der Waals surface area contributed by atoms with E-state index in [9.17, 15) is 27.6 Å². The van der Waals surface area contributed by atoms with Crippen molar-refractivity contribution in [2.75, 3.05) is 19.0 Å². The second kappa shape index (κ2) is 16.8. The predicted molar refractivity (Wildman–Crippen MR) is 230 cm³/mol. The van der Waals surface area contributed by atoms with E-state index in [1.54, 1.807) is 73.8 Å². The summed E-state index contributed by atoms with van der Waals surface area (Å²) in [5.74, 6) is -1.55. The van der Waals surface area contributed by atoms with Crippen LogP contribution in [-0.2, 0) is 33.6 Å². The number of rotatable bonds is 15. The fourth-order valence-electron chi connectivity index (χ4n) is 7.39. The van der Waals surface area contributed by atoms with Gasteiger partial charge < -0.3 is 35.1 Å². The van der Waals surface area contributed by atoms with E-state index in [-0.39, 0.29) is 31.3 Å². The first-order valence-corrected chi connectivity index (χ1v) is 22.9. The molecule has 0 bridgehead atoms. The number of hydrogen-bond acceptors (Lipinski definition) is 14. The van der Waals surface area contributed by atoms with Gasteiger partial charge in [-0.15, -0.1) is 11.3 Å². The molecule has 2 aliphatic carbocycles. The average molecular weight is 886 g/mol. The minimum Gasteiger partial charge on any atom is -0.497 e. The average Bonchev–Trinajstić information content (AvgIpc) is 3.91. The molecular formula is C42H59N7O10S2. The number of thiazole rings is 1. The van der Waals surface area contributed by atoms with Crippen LogP contribution in [0.4, 0.5) is 9.93 Å². The van der Waals surface area contributed by atoms with Crippen LogP contribution in [0.5, 0.6) is 11.5 Å². The van der Waals surface area contributed by atoms with Gasteiger partial charge in [-0.3, -0.25) is 14.4 Å². The third kappa shape index (κ3) is 10.8. The Hall–Kier alpha value is -4.75. The zero-order chi connectivity index (χ0) is 44.9. The van der Waals surface area contributed by atoms with Gasteiger partial charge in [-0.25, -0.2) is 23.7 Å². The highest BCUT2D eigenvalue weighted by molar-refractivity contribution is 7.85. The fraction of sp³-hybridized carbons (Fsp3) is 0.619. The number of amides is 4. The standard InChI is InChI=1S/C42H59N7O10S2/c1-12-24-20-42(24,36(52)48-61(54,55)59-41(10)15-16-41)47-34(50)31-18-26(21-49(31)35(51)33(39(4,5)6)46-38(53)58-40(7,8)9)57-32-19-29(30-22-60-37(45-30)43-23(2)3)44-28-17-25(56-11)13-14-27(28)32/h13-14,17,19,22-24,26,31,33H,12,15-16,18,20-21H2,1-11H3,(H,43,45)(H,46,53)(H,47,50)(H,48,52)/t24-,26-,31?,33-,42-/m1/s1. The summed E-state index contributed by atoms with van der Waals surface area (Å²) in [6, 6.07) is 4.96. The Morgan fingerprint density at radius 3 is 2.33 bits per heavy atom. The summed E-state index contributed by atoms with van der Waals surface area (Å²) in [6.07, 6.45) is 0.116. The van der Waals surface area contributed by atoms with Gasteiger partial charge in [0.15, 0.2) is 5.13 Å². The molecule has 2 aromatic heterocycles. The molecule has 3 fully saturated rings. The molecule has 3 aliphatic rings. The first kappa shape index (κ1) is 45.8. The van der Waals surface area contributed by atoms with Crippen LogP contribution in [0.3, 0.4) is 0 Å². The van der Waals surface area contributed by atoms with E-state index in [0.29, 0.717) is 53.1 Å². The molecule has 0 spiro atoms. The quantitative estimate of drug-likeness (QED) is 0.145. The zero-order valence-corrected chi connectivity index (χ0v) is 38.4. The molecule has 2 saturated carbocycles. The van der Waals surface area contributed by atoms with Gasteiger partial charge in [-0.05, 0) is 84.3 Å². The van der Waals surface area contributed by atoms with Crippen LogP contribution in [0.1, 0.15) is 101 Å². The molecular weight excluding hydrogens is 827 g/mol. The van der Waals surface area contributed by atoms with E-state index in [0.717, 1.165) is 5.13 Å². The first-order valence-electron chi connectivity index (χ1n) is 20.6. The lowest BCUT2D eigenvalue weighted by Gasteiger charge is -2.36. The van der Waals surface area contributed by atoms with Crippen LogP contribution < -0.4 is 30.1 Å². The summed E-state index contributed by atoms with van der Waals surface area (Å²) in [6.45, 7) is 17.9. The lowest BCUT2D eigenvalue weighted by Crippen LogP contribution is -2.60. The number of hydrogen-bond donors (Lipinski definition) is 4. The van der Waals surface area contributed by atoms with Crippen molar-refractivity contribution >= 4 is 61.5 Å². The first-order chi connectivity index (χ1) is 28.3. The van der Waals surface area contributed by atoms with Crippen LogP contribution in [0.2, 0.25) is 0 Å². The number of likely N-dealkylation sites (tertiary alicyclic amines) is 1. The summed E-state index contributed by atoms with van der Waals surface area (Å²) in [5.41, 5.74) is -2.44. The number of benzene rings is 1. The lowest BCUT2D eigenvalue weighted by molar-refractivity contribution is -0.143. The largest absolute Gasteiger partial charge is 0.497 e. The summed E-state index contributed by atoms with van der Waals surface area (Å²) >= 11 is 1.44. The van der Waals surface area contributed by atoms with E-state index in [4.69, 9.17) is 28.4 Å². The van der Waals surface area contributed by atoms with Crippen molar-refractivity contribution in [2.24, 2.45) is 11.3 Å². The van der Waals surface area contributed by atoms with Crippen molar-refractivity contribution in [1.29, 1.82) is 0 Å². The maximum absolute atomic E-state index is 14.8. The van der Waals surface area contributed by atoms with Crippen molar-refractivity contribution < 1.29 is 46.0 Å². The third-order valence-corrected chi connectivity index (χ3v) is 12.7. The van der Waals surface area contributed by atoms with Crippen LogP contribution >= 0.6 is 11.3 Å². The normalized spacial score (nSPS) is 22.6. The Labute approximate surface area is 361 Å². The van der Waals surface area contributed by atoms with E-state index < -0.39 is 74.5 Å². The smallest absolute Gasteiger partial charge is 0.408 e. The van der Waals surface area contributed by atoms with Gasteiger partial charge in [-0.1, -0.05) is 34.1 Å². The molecule has 6 rings (SSSR count). The van der Waals surface area contributed by atoms with E-state index in [1.807, 2.05) is 36.9 Å². The van der Waals surface area contributed by atoms with Gasteiger partial charge in [0.25, 0.3) is 5.91 Å². The van der Waals surface area contributed by atoms with Crippen molar-refractivity contribution in [3.63, 3.8) is 0 Å². The molecule has 4 amide bonds. The Balaban J connectivity index is 1.34. The summed E-state index contributed by atoms with van der Waals surface area (Å²) in [5, 5.41) is 12.2. The molecule has 334 valence electrons. The highest BCUT2D eigenvalue weighted by Gasteiger charge is 2.62. The number of anilines is 1. The molecule has 3 aromatic rings. The minimum absolute atomic E-state index is 0.0103. The molecule has 3 heterocycles. The molecule has 0 radical (unpaired) electrons. The number of carbonyl (C=O) groups is 4. The van der Waals surface area contributed by atoms with Crippen LogP contribution in [-0.4, -0.2) is 102 Å². The maximum atomic E-state index is 14.8. The van der Waals surface area contributed by atoms with E-state index >= 15 is 0 Å². The Morgan fingerprint density at radius 1 is 1.03 bits per heavy atom. The van der Waals surface area contributed by atoms with Gasteiger partial charge in [0.1, 0.15) is 46.5 Å². The monoisotopic (exact) mass is 885 g/mol. The van der Waals surface area contributed by atoms with Crippen molar-refractivity contribution in [3.05, 3.63) is 29.6 Å². The van der Waals surface area contributed by atoms with Crippen LogP contribution in [0.25, 0.3) is 22.3 Å². The van der Waals surface area contributed by atoms with Gasteiger partial charge in [0.2, 0.25) is 11.8 Å². The molecule has 61 heavy (non-hydrogen) atoms. The number of ether oxygens (including phenoxy) is 3. The van der Waals surface area contributed by atoms with Crippen LogP contribution in [0.15, 0.2) is 29.6 Å². The number of nitrogens with zero attached hydrogens (tertiary/aromatic N) is 3. The topological polar surface area (TPSA) is 216 Å². The number of pyridine rings is 1. The zero-order valence-electron chi connectivity index (χ0n) is 36.8. The van der Waals surface area contributed by atoms with E-state index in [1.165, 1.54) is 16.2 Å². The van der Waals surface area contributed by atoms with Crippen LogP contribution in [0, 0.1) is 11.3 Å².